The fourth-order valence-corrected chi connectivity index (χ4v) is 2.96. The summed E-state index contributed by atoms with van der Waals surface area (Å²) >= 11 is 0. The van der Waals surface area contributed by atoms with Crippen LogP contribution in [0.4, 0.5) is 0 Å². The van der Waals surface area contributed by atoms with Gasteiger partial charge in [0, 0.05) is 24.7 Å². The molecule has 136 valence electrons. The van der Waals surface area contributed by atoms with E-state index >= 15 is 0 Å². The van der Waals surface area contributed by atoms with Crippen molar-refractivity contribution in [3.8, 4) is 11.5 Å². The molecule has 0 N–H and O–H groups in total. The fraction of sp³-hybridized carbons (Fsp3) is 0.316. The number of fused-ring (bicyclic) bond motifs is 1. The van der Waals surface area contributed by atoms with Gasteiger partial charge in [0.25, 0.3) is 5.56 Å². The maximum Gasteiger partial charge on any atom is 0.343 e. The van der Waals surface area contributed by atoms with E-state index in [1.54, 1.807) is 38.2 Å². The highest BCUT2D eigenvalue weighted by atomic mass is 16.6. The smallest absolute Gasteiger partial charge is 0.343 e. The summed E-state index contributed by atoms with van der Waals surface area (Å²) in [6.45, 7) is 1.56. The number of pyridine rings is 1. The number of carbonyl (C=O) groups is 2. The number of nitrogens with zero attached hydrogens (tertiary/aromatic N) is 1. The van der Waals surface area contributed by atoms with Gasteiger partial charge < -0.3 is 18.8 Å². The number of esters is 2. The lowest BCUT2D eigenvalue weighted by Gasteiger charge is -2.25. The second-order valence-electron chi connectivity index (χ2n) is 6.10. The van der Waals surface area contributed by atoms with Gasteiger partial charge >= 0.3 is 11.9 Å². The molecule has 3 rings (SSSR count). The van der Waals surface area contributed by atoms with E-state index in [0.717, 1.165) is 5.56 Å². The Kier molecular flexibility index (Phi) is 4.79. The molecule has 0 saturated heterocycles. The fourth-order valence-electron chi connectivity index (χ4n) is 2.96. The highest BCUT2D eigenvalue weighted by Gasteiger charge is 2.32. The molecule has 0 bridgehead atoms. The summed E-state index contributed by atoms with van der Waals surface area (Å²) in [6, 6.07) is 8.67. The molecule has 1 aromatic carbocycles. The topological polar surface area (TPSA) is 83.8 Å². The molecule has 7 heteroatoms. The summed E-state index contributed by atoms with van der Waals surface area (Å²) in [6.07, 6.45) is 0.0613. The minimum atomic E-state index is -0.494. The van der Waals surface area contributed by atoms with Crippen LogP contribution < -0.4 is 15.0 Å². The molecular weight excluding hydrogens is 338 g/mol. The predicted octanol–water partition coefficient (Wildman–Crippen LogP) is 1.69. The van der Waals surface area contributed by atoms with E-state index in [9.17, 15) is 14.4 Å². The standard InChI is InChI=1S/C19H19NO6/c1-11-7-15-18(19(23)20(11)2)14(9-16(21)26-15)12-5-4-6-13(8-12)25-10-17(22)24-3/h4-8,14H,9-10H2,1-3H3/t14-/m1/s1. The minimum Gasteiger partial charge on any atom is -0.482 e. The van der Waals surface area contributed by atoms with Crippen molar-refractivity contribution in [2.45, 2.75) is 19.3 Å². The number of rotatable bonds is 4. The van der Waals surface area contributed by atoms with E-state index in [1.165, 1.54) is 11.7 Å². The maximum atomic E-state index is 12.7. The van der Waals surface area contributed by atoms with Gasteiger partial charge in [0.05, 0.1) is 19.1 Å². The van der Waals surface area contributed by atoms with Crippen LogP contribution in [0.1, 0.15) is 29.2 Å². The van der Waals surface area contributed by atoms with Crippen molar-refractivity contribution >= 4 is 11.9 Å². The third kappa shape index (κ3) is 3.33. The number of aromatic nitrogens is 1. The molecule has 1 aliphatic rings. The quantitative estimate of drug-likeness (QED) is 0.774. The monoisotopic (exact) mass is 357 g/mol. The zero-order valence-corrected chi connectivity index (χ0v) is 14.8. The van der Waals surface area contributed by atoms with Crippen LogP contribution in [0.2, 0.25) is 0 Å². The lowest BCUT2D eigenvalue weighted by molar-refractivity contribution is -0.143. The number of methoxy groups -OCH3 is 1. The molecule has 0 spiro atoms. The summed E-state index contributed by atoms with van der Waals surface area (Å²) in [5, 5.41) is 0. The molecule has 1 aromatic heterocycles. The number of aryl methyl sites for hydroxylation is 1. The summed E-state index contributed by atoms with van der Waals surface area (Å²) in [5.74, 6) is -0.570. The predicted molar refractivity (Wildman–Crippen MR) is 92.5 cm³/mol. The first-order valence-electron chi connectivity index (χ1n) is 8.11. The average molecular weight is 357 g/mol. The molecule has 0 saturated carbocycles. The zero-order chi connectivity index (χ0) is 18.8. The van der Waals surface area contributed by atoms with Gasteiger partial charge in [-0.2, -0.15) is 0 Å². The molecule has 26 heavy (non-hydrogen) atoms. The molecule has 1 aliphatic heterocycles. The minimum absolute atomic E-state index is 0.0613. The molecule has 0 aliphatic carbocycles. The average Bonchev–Trinajstić information content (AvgIpc) is 2.63. The van der Waals surface area contributed by atoms with Crippen molar-refractivity contribution in [3.63, 3.8) is 0 Å². The molecule has 0 fully saturated rings. The zero-order valence-electron chi connectivity index (χ0n) is 14.8. The highest BCUT2D eigenvalue weighted by molar-refractivity contribution is 5.77. The Labute approximate surface area is 150 Å². The summed E-state index contributed by atoms with van der Waals surface area (Å²) < 4.78 is 16.8. The van der Waals surface area contributed by atoms with Crippen molar-refractivity contribution in [2.24, 2.45) is 7.05 Å². The molecular formula is C19H19NO6. The van der Waals surface area contributed by atoms with Gasteiger partial charge in [-0.25, -0.2) is 4.79 Å². The second kappa shape index (κ2) is 7.03. The van der Waals surface area contributed by atoms with E-state index in [2.05, 4.69) is 4.74 Å². The molecule has 0 amide bonds. The van der Waals surface area contributed by atoms with E-state index in [0.29, 0.717) is 22.8 Å². The molecule has 0 radical (unpaired) electrons. The maximum absolute atomic E-state index is 12.7. The van der Waals surface area contributed by atoms with Crippen LogP contribution in [0.5, 0.6) is 11.5 Å². The van der Waals surface area contributed by atoms with Crippen LogP contribution in [0.15, 0.2) is 35.1 Å². The molecule has 1 atom stereocenters. The number of hydrogen-bond acceptors (Lipinski definition) is 6. The van der Waals surface area contributed by atoms with Crippen molar-refractivity contribution in [1.29, 1.82) is 0 Å². The van der Waals surface area contributed by atoms with Crippen molar-refractivity contribution in [2.75, 3.05) is 13.7 Å². The number of carbonyl (C=O) groups excluding carboxylic acids is 2. The van der Waals surface area contributed by atoms with Crippen molar-refractivity contribution in [1.82, 2.24) is 4.57 Å². The molecule has 2 aromatic rings. The van der Waals surface area contributed by atoms with Gasteiger partial charge in [0.1, 0.15) is 11.5 Å². The Morgan fingerprint density at radius 1 is 1.31 bits per heavy atom. The Hall–Kier alpha value is -3.09. The molecule has 2 heterocycles. The van der Waals surface area contributed by atoms with Gasteiger partial charge in [-0.1, -0.05) is 12.1 Å². The van der Waals surface area contributed by atoms with E-state index < -0.39 is 17.9 Å². The first-order chi connectivity index (χ1) is 12.4. The summed E-state index contributed by atoms with van der Waals surface area (Å²) in [7, 11) is 2.96. The van der Waals surface area contributed by atoms with Crippen LogP contribution in [-0.2, 0) is 21.4 Å². The first kappa shape index (κ1) is 17.7. The van der Waals surface area contributed by atoms with Crippen LogP contribution in [0.25, 0.3) is 0 Å². The largest absolute Gasteiger partial charge is 0.482 e. The second-order valence-corrected chi connectivity index (χ2v) is 6.10. The van der Waals surface area contributed by atoms with Gasteiger partial charge in [-0.3, -0.25) is 9.59 Å². The normalized spacial score (nSPS) is 15.8. The number of ether oxygens (including phenoxy) is 3. The van der Waals surface area contributed by atoms with E-state index in [-0.39, 0.29) is 18.6 Å². The first-order valence-corrected chi connectivity index (χ1v) is 8.11. The lowest BCUT2D eigenvalue weighted by atomic mass is 9.87. The number of hydrogen-bond donors (Lipinski definition) is 0. The molecule has 0 unspecified atom stereocenters. The Balaban J connectivity index is 2.01. The van der Waals surface area contributed by atoms with Gasteiger partial charge in [0.15, 0.2) is 6.61 Å². The third-order valence-corrected chi connectivity index (χ3v) is 4.46. The van der Waals surface area contributed by atoms with Crippen molar-refractivity contribution < 1.29 is 23.8 Å². The van der Waals surface area contributed by atoms with Gasteiger partial charge in [-0.05, 0) is 24.6 Å². The summed E-state index contributed by atoms with van der Waals surface area (Å²) in [4.78, 5) is 36.0. The van der Waals surface area contributed by atoms with Crippen LogP contribution in [0, 0.1) is 6.92 Å². The van der Waals surface area contributed by atoms with Gasteiger partial charge in [0.2, 0.25) is 0 Å². The van der Waals surface area contributed by atoms with Crippen LogP contribution in [0.3, 0.4) is 0 Å². The number of benzene rings is 1. The summed E-state index contributed by atoms with van der Waals surface area (Å²) in [5.41, 5.74) is 1.70. The van der Waals surface area contributed by atoms with Gasteiger partial charge in [-0.15, -0.1) is 0 Å². The lowest BCUT2D eigenvalue weighted by Crippen LogP contribution is -2.32. The molecule has 7 nitrogen and oxygen atoms in total. The van der Waals surface area contributed by atoms with Crippen LogP contribution >= 0.6 is 0 Å². The highest BCUT2D eigenvalue weighted by Crippen LogP contribution is 2.37. The van der Waals surface area contributed by atoms with E-state index in [1.807, 2.05) is 6.07 Å². The Morgan fingerprint density at radius 3 is 2.81 bits per heavy atom. The van der Waals surface area contributed by atoms with E-state index in [4.69, 9.17) is 9.47 Å². The van der Waals surface area contributed by atoms with Crippen LogP contribution in [-0.4, -0.2) is 30.2 Å². The SMILES string of the molecule is COC(=O)COc1cccc([C@H]2CC(=O)Oc3cc(C)n(C)c(=O)c32)c1. The third-order valence-electron chi connectivity index (χ3n) is 4.46. The Morgan fingerprint density at radius 2 is 2.08 bits per heavy atom. The van der Waals surface area contributed by atoms with Crippen molar-refractivity contribution in [3.05, 3.63) is 57.5 Å². The Bertz CT molecular complexity index is 930.